The number of rotatable bonds is 5. The van der Waals surface area contributed by atoms with Crippen LogP contribution in [-0.4, -0.2) is 29.3 Å². The van der Waals surface area contributed by atoms with Gasteiger partial charge in [-0.3, -0.25) is 9.89 Å². The first-order chi connectivity index (χ1) is 10.6. The molecule has 0 aliphatic heterocycles. The Bertz CT molecular complexity index is 659. The maximum Gasteiger partial charge on any atom is 0.302 e. The van der Waals surface area contributed by atoms with Crippen LogP contribution in [0.25, 0.3) is 21.3 Å². The van der Waals surface area contributed by atoms with E-state index in [-0.39, 0.29) is 5.97 Å². The van der Waals surface area contributed by atoms with Gasteiger partial charge in [0, 0.05) is 29.5 Å². The summed E-state index contributed by atoms with van der Waals surface area (Å²) >= 11 is 0. The summed E-state index contributed by atoms with van der Waals surface area (Å²) in [5.41, 5.74) is 11.5. The summed E-state index contributed by atoms with van der Waals surface area (Å²) in [7, 11) is 0. The molecule has 1 N–H and O–H groups in total. The summed E-state index contributed by atoms with van der Waals surface area (Å²) in [5.74, 6) is -0.211. The normalized spacial score (nSPS) is 9.59. The molecule has 1 aromatic carbocycles. The van der Waals surface area contributed by atoms with Crippen LogP contribution >= 0.6 is 0 Å². The minimum absolute atomic E-state index is 0.211. The second kappa shape index (κ2) is 9.41. The van der Waals surface area contributed by atoms with Gasteiger partial charge in [0.1, 0.15) is 0 Å². The van der Waals surface area contributed by atoms with Crippen LogP contribution in [0, 0.1) is 6.92 Å². The van der Waals surface area contributed by atoms with Gasteiger partial charge in [0.2, 0.25) is 0 Å². The number of fused-ring (bicyclic) bond motifs is 1. The number of nitrogens with zero attached hydrogens (tertiary/aromatic N) is 4. The summed E-state index contributed by atoms with van der Waals surface area (Å²) in [6, 6.07) is 6.23. The zero-order valence-electron chi connectivity index (χ0n) is 13.2. The summed E-state index contributed by atoms with van der Waals surface area (Å²) in [6.45, 7) is 6.22. The first kappa shape index (κ1) is 17.5. The first-order valence-corrected chi connectivity index (χ1v) is 7.16. The molecule has 0 saturated heterocycles. The van der Waals surface area contributed by atoms with Crippen molar-refractivity contribution < 1.29 is 9.53 Å². The molecule has 0 saturated carbocycles. The number of carbonyl (C=O) groups is 1. The van der Waals surface area contributed by atoms with Crippen molar-refractivity contribution >= 4 is 16.9 Å². The number of H-pyrrole nitrogens is 1. The van der Waals surface area contributed by atoms with Crippen molar-refractivity contribution in [1.82, 2.24) is 10.2 Å². The van der Waals surface area contributed by atoms with E-state index in [1.165, 1.54) is 17.9 Å². The van der Waals surface area contributed by atoms with E-state index in [9.17, 15) is 4.79 Å². The van der Waals surface area contributed by atoms with Gasteiger partial charge in [0.15, 0.2) is 0 Å². The standard InChI is InChI=1S/C11H13N5.C4H8O2/c1-8-10-7-9(3-2-6-13-16-12)4-5-11(10)15-14-8;1-3-6-4(2)5/h4-5,7H,2-3,6H2,1H3,(H,14,15);3H2,1-2H3. The largest absolute Gasteiger partial charge is 0.466 e. The van der Waals surface area contributed by atoms with Gasteiger partial charge in [-0.1, -0.05) is 11.2 Å². The average molecular weight is 303 g/mol. The second-order valence-corrected chi connectivity index (χ2v) is 4.68. The minimum Gasteiger partial charge on any atom is -0.466 e. The van der Waals surface area contributed by atoms with Gasteiger partial charge < -0.3 is 4.74 Å². The van der Waals surface area contributed by atoms with Gasteiger partial charge in [0.05, 0.1) is 12.1 Å². The number of hydrogen-bond donors (Lipinski definition) is 1. The van der Waals surface area contributed by atoms with Gasteiger partial charge in [-0.2, -0.15) is 5.10 Å². The van der Waals surface area contributed by atoms with Crippen LogP contribution in [0.5, 0.6) is 0 Å². The monoisotopic (exact) mass is 303 g/mol. The predicted octanol–water partition coefficient (Wildman–Crippen LogP) is 3.68. The Kier molecular flexibility index (Phi) is 7.50. The minimum atomic E-state index is -0.211. The molecule has 22 heavy (non-hydrogen) atoms. The molecule has 0 amide bonds. The zero-order chi connectivity index (χ0) is 16.4. The highest BCUT2D eigenvalue weighted by atomic mass is 16.5. The predicted molar refractivity (Wildman–Crippen MR) is 85.5 cm³/mol. The fraction of sp³-hybridized carbons (Fsp3) is 0.467. The van der Waals surface area contributed by atoms with Crippen molar-refractivity contribution in [2.75, 3.05) is 13.2 Å². The topological polar surface area (TPSA) is 104 Å². The third-order valence-corrected chi connectivity index (χ3v) is 2.94. The molecule has 0 spiro atoms. The highest BCUT2D eigenvalue weighted by Gasteiger charge is 2.02. The first-order valence-electron chi connectivity index (χ1n) is 7.16. The van der Waals surface area contributed by atoms with E-state index in [4.69, 9.17) is 5.53 Å². The number of aromatic amines is 1. The average Bonchev–Trinajstić information content (AvgIpc) is 2.85. The molecule has 0 unspecified atom stereocenters. The SMILES string of the molecule is CCOC(C)=O.Cc1[nH]nc2ccc(CCCN=[N+]=[N-])cc12. The lowest BCUT2D eigenvalue weighted by molar-refractivity contribution is -0.140. The van der Waals surface area contributed by atoms with Crippen molar-refractivity contribution in [1.29, 1.82) is 0 Å². The lowest BCUT2D eigenvalue weighted by Gasteiger charge is -1.99. The highest BCUT2D eigenvalue weighted by molar-refractivity contribution is 5.81. The van der Waals surface area contributed by atoms with Crippen molar-refractivity contribution in [3.63, 3.8) is 0 Å². The number of aryl methyl sites for hydroxylation is 2. The molecule has 7 heteroatoms. The summed E-state index contributed by atoms with van der Waals surface area (Å²) < 4.78 is 4.40. The Hall–Kier alpha value is -2.53. The number of carbonyl (C=O) groups excluding carboxylic acids is 1. The molecule has 0 bridgehead atoms. The van der Waals surface area contributed by atoms with Crippen LogP contribution in [-0.2, 0) is 16.0 Å². The Morgan fingerprint density at radius 2 is 2.27 bits per heavy atom. The summed E-state index contributed by atoms with van der Waals surface area (Å²) in [4.78, 5) is 12.6. The number of esters is 1. The number of ether oxygens (including phenoxy) is 1. The molecular weight excluding hydrogens is 282 g/mol. The van der Waals surface area contributed by atoms with E-state index in [1.807, 2.05) is 13.0 Å². The molecule has 118 valence electrons. The Morgan fingerprint density at radius 1 is 1.50 bits per heavy atom. The van der Waals surface area contributed by atoms with Gasteiger partial charge in [0.25, 0.3) is 0 Å². The third kappa shape index (κ3) is 5.85. The van der Waals surface area contributed by atoms with Gasteiger partial charge >= 0.3 is 5.97 Å². The van der Waals surface area contributed by atoms with Crippen molar-refractivity contribution in [2.45, 2.75) is 33.6 Å². The highest BCUT2D eigenvalue weighted by Crippen LogP contribution is 2.17. The van der Waals surface area contributed by atoms with Crippen LogP contribution in [0.4, 0.5) is 0 Å². The maximum atomic E-state index is 9.82. The third-order valence-electron chi connectivity index (χ3n) is 2.94. The summed E-state index contributed by atoms with van der Waals surface area (Å²) in [5, 5.41) is 11.8. The molecule has 0 atom stereocenters. The van der Waals surface area contributed by atoms with Gasteiger partial charge in [-0.05, 0) is 49.9 Å². The fourth-order valence-electron chi connectivity index (χ4n) is 1.94. The van der Waals surface area contributed by atoms with E-state index in [2.05, 4.69) is 37.1 Å². The maximum absolute atomic E-state index is 9.82. The number of benzene rings is 1. The van der Waals surface area contributed by atoms with Crippen LogP contribution in [0.2, 0.25) is 0 Å². The molecule has 0 fully saturated rings. The number of hydrogen-bond acceptors (Lipinski definition) is 4. The van der Waals surface area contributed by atoms with Gasteiger partial charge in [-0.25, -0.2) is 0 Å². The molecule has 2 rings (SSSR count). The molecule has 7 nitrogen and oxygen atoms in total. The van der Waals surface area contributed by atoms with E-state index in [0.29, 0.717) is 13.2 Å². The fourth-order valence-corrected chi connectivity index (χ4v) is 1.94. The summed E-state index contributed by atoms with van der Waals surface area (Å²) in [6.07, 6.45) is 1.81. The quantitative estimate of drug-likeness (QED) is 0.299. The lowest BCUT2D eigenvalue weighted by Crippen LogP contribution is -1.95. The van der Waals surface area contributed by atoms with Gasteiger partial charge in [-0.15, -0.1) is 0 Å². The Balaban J connectivity index is 0.000000346. The number of nitrogens with one attached hydrogen (secondary N) is 1. The Labute approximate surface area is 129 Å². The second-order valence-electron chi connectivity index (χ2n) is 4.68. The van der Waals surface area contributed by atoms with E-state index in [0.717, 1.165) is 24.1 Å². The van der Waals surface area contributed by atoms with Crippen molar-refractivity contribution in [3.8, 4) is 0 Å². The van der Waals surface area contributed by atoms with E-state index in [1.54, 1.807) is 6.92 Å². The Morgan fingerprint density at radius 3 is 2.86 bits per heavy atom. The zero-order valence-corrected chi connectivity index (χ0v) is 13.2. The van der Waals surface area contributed by atoms with Crippen molar-refractivity contribution in [3.05, 3.63) is 39.9 Å². The number of aromatic nitrogens is 2. The lowest BCUT2D eigenvalue weighted by atomic mass is 10.1. The van der Waals surface area contributed by atoms with Crippen LogP contribution < -0.4 is 0 Å². The molecule has 0 radical (unpaired) electrons. The molecule has 0 aliphatic carbocycles. The van der Waals surface area contributed by atoms with E-state index < -0.39 is 0 Å². The molecule has 0 aliphatic rings. The molecule has 2 aromatic rings. The smallest absolute Gasteiger partial charge is 0.302 e. The van der Waals surface area contributed by atoms with E-state index >= 15 is 0 Å². The van der Waals surface area contributed by atoms with Crippen LogP contribution in [0.15, 0.2) is 23.3 Å². The number of azide groups is 1. The molecular formula is C15H21N5O2. The van der Waals surface area contributed by atoms with Crippen LogP contribution in [0.1, 0.15) is 31.5 Å². The van der Waals surface area contributed by atoms with Crippen LogP contribution in [0.3, 0.4) is 0 Å². The van der Waals surface area contributed by atoms with Crippen molar-refractivity contribution in [2.24, 2.45) is 5.11 Å². The molecule has 1 heterocycles. The molecule has 1 aromatic heterocycles.